The second kappa shape index (κ2) is 16.3. The van der Waals surface area contributed by atoms with Gasteiger partial charge in [-0.05, 0) is 102 Å². The van der Waals surface area contributed by atoms with Crippen LogP contribution in [0.4, 0.5) is 8.78 Å². The molecule has 2 aliphatic rings. The summed E-state index contributed by atoms with van der Waals surface area (Å²) in [6.07, 6.45) is 2.47. The molecule has 232 valence electrons. The van der Waals surface area contributed by atoms with E-state index in [-0.39, 0.29) is 12.8 Å². The molecule has 0 saturated carbocycles. The zero-order valence-electron chi connectivity index (χ0n) is 26.4. The van der Waals surface area contributed by atoms with Gasteiger partial charge < -0.3 is 9.47 Å². The van der Waals surface area contributed by atoms with Gasteiger partial charge in [0.15, 0.2) is 0 Å². The Hall–Kier alpha value is -2.83. The summed E-state index contributed by atoms with van der Waals surface area (Å²) in [5, 5.41) is 0. The van der Waals surface area contributed by atoms with E-state index in [0.29, 0.717) is 18.6 Å². The van der Waals surface area contributed by atoms with Crippen molar-refractivity contribution in [1.82, 2.24) is 4.90 Å². The van der Waals surface area contributed by atoms with Crippen LogP contribution in [-0.4, -0.2) is 49.4 Å². The number of rotatable bonds is 11. The number of benzene rings is 3. The summed E-state index contributed by atoms with van der Waals surface area (Å²) in [6, 6.07) is 21.3. The van der Waals surface area contributed by atoms with Crippen LogP contribution in [0.5, 0.6) is 11.5 Å². The third-order valence-corrected chi connectivity index (χ3v) is 9.03. The molecule has 1 unspecified atom stereocenters. The first kappa shape index (κ1) is 33.1. The summed E-state index contributed by atoms with van der Waals surface area (Å²) in [5.41, 5.74) is 8.59. The molecule has 0 aliphatic carbocycles. The topological polar surface area (TPSA) is 21.7 Å². The quantitative estimate of drug-likeness (QED) is 0.216. The van der Waals surface area contributed by atoms with E-state index < -0.39 is 6.36 Å². The van der Waals surface area contributed by atoms with Gasteiger partial charge >= 0.3 is 0 Å². The van der Waals surface area contributed by atoms with Crippen LogP contribution >= 0.6 is 11.8 Å². The van der Waals surface area contributed by atoms with Crippen molar-refractivity contribution in [2.24, 2.45) is 0 Å². The fourth-order valence-corrected chi connectivity index (χ4v) is 6.96. The van der Waals surface area contributed by atoms with Gasteiger partial charge in [0.2, 0.25) is 6.36 Å². The molecular formula is C37H47F2NO2S. The van der Waals surface area contributed by atoms with Gasteiger partial charge in [-0.1, -0.05) is 58.0 Å². The van der Waals surface area contributed by atoms with E-state index in [2.05, 4.69) is 67.3 Å². The van der Waals surface area contributed by atoms with E-state index in [0.717, 1.165) is 61.5 Å². The highest BCUT2D eigenvalue weighted by Gasteiger charge is 2.25. The highest BCUT2D eigenvalue weighted by Crippen LogP contribution is 2.44. The zero-order chi connectivity index (χ0) is 30.8. The number of likely N-dealkylation sites (tertiary alicyclic amines) is 1. The number of thioether (sulfide) groups is 1. The molecule has 2 atom stereocenters. The van der Waals surface area contributed by atoms with Crippen molar-refractivity contribution in [3.8, 4) is 11.5 Å². The summed E-state index contributed by atoms with van der Waals surface area (Å²) in [6.45, 7) is 12.4. The average Bonchev–Trinajstić information content (AvgIpc) is 3.40. The molecule has 6 heteroatoms. The highest BCUT2D eigenvalue weighted by atomic mass is 32.2. The minimum atomic E-state index is -1.30. The molecule has 0 spiro atoms. The molecule has 0 amide bonds. The lowest BCUT2D eigenvalue weighted by Gasteiger charge is -2.20. The van der Waals surface area contributed by atoms with Crippen LogP contribution in [0.1, 0.15) is 81.2 Å². The standard InChI is InChI=1S/C35H41F2NO2S.C2H6/c1-4-25-22-28(40-34(37)5-2)12-14-30(25)31-16-20-41-33-21-24(3)7-13-32(33)35(31)26-8-10-27(11-9-26)39-29-15-19-38(23-29)18-6-17-36;1-2/h7-14,21-22,29,34H,4-6,15-20,23H2,1-3H3;1-2H3/t29-,34?;/m0./s1. The Morgan fingerprint density at radius 2 is 1.72 bits per heavy atom. The third-order valence-electron chi connectivity index (χ3n) is 7.97. The Balaban J connectivity index is 0.00000207. The predicted molar refractivity (Wildman–Crippen MR) is 178 cm³/mol. The van der Waals surface area contributed by atoms with Gasteiger partial charge in [-0.15, -0.1) is 11.8 Å². The fourth-order valence-electron chi connectivity index (χ4n) is 5.84. The van der Waals surface area contributed by atoms with Gasteiger partial charge in [-0.2, -0.15) is 0 Å². The lowest BCUT2D eigenvalue weighted by atomic mass is 9.85. The van der Waals surface area contributed by atoms with E-state index in [9.17, 15) is 8.78 Å². The zero-order valence-corrected chi connectivity index (χ0v) is 27.2. The molecule has 3 aromatic carbocycles. The maximum atomic E-state index is 14.0. The van der Waals surface area contributed by atoms with Crippen molar-refractivity contribution >= 4 is 22.9 Å². The average molecular weight is 608 g/mol. The van der Waals surface area contributed by atoms with E-state index in [1.54, 1.807) is 6.92 Å². The van der Waals surface area contributed by atoms with Gasteiger partial charge in [0.1, 0.15) is 17.6 Å². The smallest absolute Gasteiger partial charge is 0.238 e. The summed E-state index contributed by atoms with van der Waals surface area (Å²) in [4.78, 5) is 3.59. The number of alkyl halides is 2. The normalized spacial score (nSPS) is 17.5. The Labute approximate surface area is 261 Å². The van der Waals surface area contributed by atoms with Crippen LogP contribution in [0, 0.1) is 6.92 Å². The molecule has 3 aromatic rings. The van der Waals surface area contributed by atoms with Crippen LogP contribution in [0.15, 0.2) is 65.6 Å². The molecule has 0 bridgehead atoms. The molecule has 43 heavy (non-hydrogen) atoms. The van der Waals surface area contributed by atoms with Gasteiger partial charge in [0, 0.05) is 36.7 Å². The number of halogens is 2. The monoisotopic (exact) mass is 607 g/mol. The first-order valence-corrected chi connectivity index (χ1v) is 16.9. The number of aryl methyl sites for hydroxylation is 2. The summed E-state index contributed by atoms with van der Waals surface area (Å²) >= 11 is 1.91. The lowest BCUT2D eigenvalue weighted by Crippen LogP contribution is -2.26. The van der Waals surface area contributed by atoms with Crippen LogP contribution in [0.2, 0.25) is 0 Å². The van der Waals surface area contributed by atoms with E-state index in [1.165, 1.54) is 32.7 Å². The van der Waals surface area contributed by atoms with Crippen molar-refractivity contribution < 1.29 is 18.3 Å². The molecular weight excluding hydrogens is 560 g/mol. The number of ether oxygens (including phenoxy) is 2. The number of allylic oxidation sites excluding steroid dienone is 1. The van der Waals surface area contributed by atoms with Crippen molar-refractivity contribution in [3.63, 3.8) is 0 Å². The minimum absolute atomic E-state index is 0.137. The Bertz CT molecular complexity index is 1360. The summed E-state index contributed by atoms with van der Waals surface area (Å²) in [5.74, 6) is 2.44. The maximum Gasteiger partial charge on any atom is 0.238 e. The molecule has 3 nitrogen and oxygen atoms in total. The van der Waals surface area contributed by atoms with E-state index in [4.69, 9.17) is 9.47 Å². The number of nitrogens with zero attached hydrogens (tertiary/aromatic N) is 1. The third kappa shape index (κ3) is 8.42. The number of hydrogen-bond acceptors (Lipinski definition) is 4. The molecule has 0 radical (unpaired) electrons. The second-order valence-corrected chi connectivity index (χ2v) is 12.1. The van der Waals surface area contributed by atoms with Crippen LogP contribution in [0.3, 0.4) is 0 Å². The first-order valence-electron chi connectivity index (χ1n) is 16.0. The van der Waals surface area contributed by atoms with Crippen molar-refractivity contribution in [1.29, 1.82) is 0 Å². The molecule has 2 heterocycles. The number of fused-ring (bicyclic) bond motifs is 1. The lowest BCUT2D eigenvalue weighted by molar-refractivity contribution is 0.0641. The molecule has 0 aromatic heterocycles. The van der Waals surface area contributed by atoms with Crippen molar-refractivity contribution in [2.45, 2.75) is 84.1 Å². The molecule has 2 aliphatic heterocycles. The van der Waals surface area contributed by atoms with Gasteiger partial charge in [0.25, 0.3) is 0 Å². The Morgan fingerprint density at radius 1 is 0.977 bits per heavy atom. The van der Waals surface area contributed by atoms with E-state index >= 15 is 0 Å². The maximum absolute atomic E-state index is 14.0. The second-order valence-electron chi connectivity index (χ2n) is 11.0. The molecule has 1 saturated heterocycles. The van der Waals surface area contributed by atoms with Crippen LogP contribution in [0.25, 0.3) is 11.1 Å². The van der Waals surface area contributed by atoms with Crippen molar-refractivity contribution in [2.75, 3.05) is 32.1 Å². The largest absolute Gasteiger partial charge is 0.489 e. The molecule has 1 fully saturated rings. The highest BCUT2D eigenvalue weighted by molar-refractivity contribution is 7.99. The minimum Gasteiger partial charge on any atom is -0.489 e. The first-order chi connectivity index (χ1) is 21.0. The van der Waals surface area contributed by atoms with E-state index in [1.807, 2.05) is 37.7 Å². The summed E-state index contributed by atoms with van der Waals surface area (Å²) < 4.78 is 38.5. The van der Waals surface area contributed by atoms with Gasteiger partial charge in [-0.3, -0.25) is 9.29 Å². The Kier molecular flexibility index (Phi) is 12.5. The van der Waals surface area contributed by atoms with Crippen LogP contribution < -0.4 is 9.47 Å². The van der Waals surface area contributed by atoms with Crippen molar-refractivity contribution in [3.05, 3.63) is 88.5 Å². The predicted octanol–water partition coefficient (Wildman–Crippen LogP) is 9.94. The number of hydrogen-bond donors (Lipinski definition) is 0. The SMILES string of the molecule is CC.CCc1cc(OC(F)CC)ccc1C1=C(c2ccc(O[C@H]3CCN(CCCF)C3)cc2)c2ccc(C)cc2SCC1. The fraction of sp³-hybridized carbons (Fsp3) is 0.459. The van der Waals surface area contributed by atoms with Gasteiger partial charge in [-0.25, -0.2) is 4.39 Å². The molecule has 0 N–H and O–H groups in total. The summed E-state index contributed by atoms with van der Waals surface area (Å²) in [7, 11) is 0. The Morgan fingerprint density at radius 3 is 2.44 bits per heavy atom. The van der Waals surface area contributed by atoms with Crippen LogP contribution in [-0.2, 0) is 6.42 Å². The molecule has 5 rings (SSSR count). The van der Waals surface area contributed by atoms with Gasteiger partial charge in [0.05, 0.1) is 6.67 Å².